The molecule has 1 atom stereocenters. The number of nitrogens with two attached hydrogens (primary N) is 1. The second-order valence-electron chi connectivity index (χ2n) is 5.74. The Balaban J connectivity index is 2.10. The van der Waals surface area contributed by atoms with E-state index in [0.717, 1.165) is 27.1 Å². The Kier molecular flexibility index (Phi) is 3.00. The third kappa shape index (κ3) is 2.33. The van der Waals surface area contributed by atoms with Crippen molar-refractivity contribution in [1.29, 1.82) is 0 Å². The predicted molar refractivity (Wildman–Crippen MR) is 85.7 cm³/mol. The average molecular weight is 365 g/mol. The monoisotopic (exact) mass is 365 g/mol. The van der Waals surface area contributed by atoms with Gasteiger partial charge in [-0.2, -0.15) is 0 Å². The largest absolute Gasteiger partial charge is 0.383 e. The normalized spacial score (nSPS) is 20.3. The van der Waals surface area contributed by atoms with Gasteiger partial charge in [0.2, 0.25) is 0 Å². The van der Waals surface area contributed by atoms with Crippen LogP contribution in [0.2, 0.25) is 0 Å². The first-order valence-electron chi connectivity index (χ1n) is 6.37. The van der Waals surface area contributed by atoms with E-state index in [1.165, 1.54) is 0 Å². The molecule has 1 heterocycles. The van der Waals surface area contributed by atoms with Gasteiger partial charge in [0, 0.05) is 11.5 Å². The molecule has 2 aromatic rings. The van der Waals surface area contributed by atoms with Crippen molar-refractivity contribution in [1.82, 2.24) is 9.97 Å². The van der Waals surface area contributed by atoms with E-state index < -0.39 is 0 Å². The van der Waals surface area contributed by atoms with E-state index >= 15 is 0 Å². The smallest absolute Gasteiger partial charge is 0.141 e. The molecular formula is C15H16IN3. The zero-order valence-corrected chi connectivity index (χ0v) is 13.2. The highest BCUT2D eigenvalue weighted by molar-refractivity contribution is 14.1. The van der Waals surface area contributed by atoms with Crippen LogP contribution < -0.4 is 5.73 Å². The third-order valence-corrected chi connectivity index (χ3v) is 4.83. The van der Waals surface area contributed by atoms with E-state index in [-0.39, 0.29) is 0 Å². The van der Waals surface area contributed by atoms with Gasteiger partial charge in [-0.05, 0) is 34.4 Å². The minimum absolute atomic E-state index is 0.313. The van der Waals surface area contributed by atoms with Crippen LogP contribution in [0, 0.1) is 8.99 Å². The maximum Gasteiger partial charge on any atom is 0.141 e. The Morgan fingerprint density at radius 3 is 2.42 bits per heavy atom. The molecule has 0 aliphatic heterocycles. The van der Waals surface area contributed by atoms with Crippen molar-refractivity contribution in [2.24, 2.45) is 5.41 Å². The maximum absolute atomic E-state index is 6.05. The average Bonchev–Trinajstić information content (AvgIpc) is 3.03. The molecule has 2 N–H and O–H groups in total. The van der Waals surface area contributed by atoms with Crippen molar-refractivity contribution in [3.05, 3.63) is 39.7 Å². The Bertz CT molecular complexity index is 623. The van der Waals surface area contributed by atoms with Crippen LogP contribution in [0.15, 0.2) is 30.3 Å². The van der Waals surface area contributed by atoms with Crippen molar-refractivity contribution in [2.75, 3.05) is 5.73 Å². The lowest BCUT2D eigenvalue weighted by molar-refractivity contribution is 0.609. The summed E-state index contributed by atoms with van der Waals surface area (Å²) in [6, 6.07) is 10.2. The molecule has 1 unspecified atom stereocenters. The summed E-state index contributed by atoms with van der Waals surface area (Å²) >= 11 is 2.23. The molecule has 1 fully saturated rings. The molecular weight excluding hydrogens is 349 g/mol. The molecule has 1 aliphatic carbocycles. The van der Waals surface area contributed by atoms with Crippen LogP contribution in [0.5, 0.6) is 0 Å². The van der Waals surface area contributed by atoms with Crippen LogP contribution in [0.25, 0.3) is 11.3 Å². The van der Waals surface area contributed by atoms with E-state index in [0.29, 0.717) is 17.2 Å². The van der Waals surface area contributed by atoms with Crippen molar-refractivity contribution in [3.63, 3.8) is 0 Å². The van der Waals surface area contributed by atoms with Crippen LogP contribution in [-0.2, 0) is 0 Å². The summed E-state index contributed by atoms with van der Waals surface area (Å²) in [6.07, 6.45) is 1.14. The van der Waals surface area contributed by atoms with E-state index in [9.17, 15) is 0 Å². The van der Waals surface area contributed by atoms with Gasteiger partial charge in [0.25, 0.3) is 0 Å². The van der Waals surface area contributed by atoms with E-state index in [1.807, 2.05) is 18.2 Å². The SMILES string of the molecule is CC1(C)CC1c1nc(N)c(I)c(-c2ccccc2)n1. The van der Waals surface area contributed by atoms with Gasteiger partial charge in [0.1, 0.15) is 11.6 Å². The van der Waals surface area contributed by atoms with E-state index in [1.54, 1.807) is 0 Å². The van der Waals surface area contributed by atoms with Gasteiger partial charge in [-0.3, -0.25) is 0 Å². The Hall–Kier alpha value is -1.17. The van der Waals surface area contributed by atoms with E-state index in [2.05, 4.69) is 53.6 Å². The third-order valence-electron chi connectivity index (χ3n) is 3.77. The second-order valence-corrected chi connectivity index (χ2v) is 6.82. The van der Waals surface area contributed by atoms with Crippen LogP contribution in [-0.4, -0.2) is 9.97 Å². The highest BCUT2D eigenvalue weighted by Gasteiger charge is 2.48. The minimum atomic E-state index is 0.313. The molecule has 1 aromatic carbocycles. The van der Waals surface area contributed by atoms with Crippen molar-refractivity contribution < 1.29 is 0 Å². The molecule has 0 saturated heterocycles. The minimum Gasteiger partial charge on any atom is -0.383 e. The van der Waals surface area contributed by atoms with Crippen molar-refractivity contribution in [2.45, 2.75) is 26.2 Å². The zero-order valence-electron chi connectivity index (χ0n) is 11.0. The van der Waals surface area contributed by atoms with Gasteiger partial charge in [-0.25, -0.2) is 9.97 Å². The topological polar surface area (TPSA) is 51.8 Å². The standard InChI is InChI=1S/C15H16IN3/c1-15(2)8-10(15)14-18-12(11(16)13(17)19-14)9-6-4-3-5-7-9/h3-7,10H,8H2,1-2H3,(H2,17,18,19). The molecule has 0 bridgehead atoms. The van der Waals surface area contributed by atoms with Crippen LogP contribution in [0.3, 0.4) is 0 Å². The zero-order chi connectivity index (χ0) is 13.6. The molecule has 98 valence electrons. The molecule has 0 radical (unpaired) electrons. The molecule has 1 aromatic heterocycles. The van der Waals surface area contributed by atoms with Gasteiger partial charge in [-0.1, -0.05) is 44.2 Å². The second kappa shape index (κ2) is 4.44. The van der Waals surface area contributed by atoms with Gasteiger partial charge in [-0.15, -0.1) is 0 Å². The summed E-state index contributed by atoms with van der Waals surface area (Å²) in [4.78, 5) is 9.24. The first-order valence-corrected chi connectivity index (χ1v) is 7.45. The quantitative estimate of drug-likeness (QED) is 0.823. The van der Waals surface area contributed by atoms with Gasteiger partial charge >= 0.3 is 0 Å². The number of benzene rings is 1. The Morgan fingerprint density at radius 1 is 1.21 bits per heavy atom. The van der Waals surface area contributed by atoms with Crippen LogP contribution >= 0.6 is 22.6 Å². The number of hydrogen-bond acceptors (Lipinski definition) is 3. The summed E-state index contributed by atoms with van der Waals surface area (Å²) in [6.45, 7) is 4.49. The summed E-state index contributed by atoms with van der Waals surface area (Å²) in [5.74, 6) is 1.92. The summed E-state index contributed by atoms with van der Waals surface area (Å²) in [5, 5.41) is 0. The maximum atomic E-state index is 6.05. The lowest BCUT2D eigenvalue weighted by Gasteiger charge is -2.10. The number of halogens is 1. The van der Waals surface area contributed by atoms with Crippen LogP contribution in [0.1, 0.15) is 32.0 Å². The van der Waals surface area contributed by atoms with Crippen molar-refractivity contribution >= 4 is 28.4 Å². The molecule has 3 nitrogen and oxygen atoms in total. The fourth-order valence-electron chi connectivity index (χ4n) is 2.33. The Morgan fingerprint density at radius 2 is 1.84 bits per heavy atom. The molecule has 3 rings (SSSR count). The summed E-state index contributed by atoms with van der Waals surface area (Å²) in [5.41, 5.74) is 8.42. The number of aromatic nitrogens is 2. The summed E-state index contributed by atoms with van der Waals surface area (Å²) in [7, 11) is 0. The highest BCUT2D eigenvalue weighted by Crippen LogP contribution is 2.57. The molecule has 1 saturated carbocycles. The number of anilines is 1. The number of hydrogen-bond donors (Lipinski definition) is 1. The molecule has 0 amide bonds. The molecule has 0 spiro atoms. The van der Waals surface area contributed by atoms with Crippen molar-refractivity contribution in [3.8, 4) is 11.3 Å². The first kappa shape index (κ1) is 12.8. The van der Waals surface area contributed by atoms with Gasteiger partial charge in [0.15, 0.2) is 0 Å². The van der Waals surface area contributed by atoms with Gasteiger partial charge < -0.3 is 5.73 Å². The highest BCUT2D eigenvalue weighted by atomic mass is 127. The molecule has 1 aliphatic rings. The number of nitrogen functional groups attached to an aromatic ring is 1. The molecule has 19 heavy (non-hydrogen) atoms. The Labute approximate surface area is 126 Å². The lowest BCUT2D eigenvalue weighted by Crippen LogP contribution is -2.05. The number of rotatable bonds is 2. The van der Waals surface area contributed by atoms with Gasteiger partial charge in [0.05, 0.1) is 9.26 Å². The number of nitrogens with zero attached hydrogens (tertiary/aromatic N) is 2. The van der Waals surface area contributed by atoms with Crippen LogP contribution in [0.4, 0.5) is 5.82 Å². The first-order chi connectivity index (χ1) is 8.99. The lowest BCUT2D eigenvalue weighted by atomic mass is 10.1. The molecule has 4 heteroatoms. The van der Waals surface area contributed by atoms with E-state index in [4.69, 9.17) is 10.7 Å². The fraction of sp³-hybridized carbons (Fsp3) is 0.333. The predicted octanol–water partition coefficient (Wildman–Crippen LogP) is 3.84. The fourth-order valence-corrected chi connectivity index (χ4v) is 2.89. The summed E-state index contributed by atoms with van der Waals surface area (Å²) < 4.78 is 0.936.